The van der Waals surface area contributed by atoms with Crippen molar-refractivity contribution in [3.8, 4) is 0 Å². The quantitative estimate of drug-likeness (QED) is 0.787. The van der Waals surface area contributed by atoms with E-state index in [0.717, 1.165) is 18.4 Å². The largest absolute Gasteiger partial charge is 0.396 e. The van der Waals surface area contributed by atoms with E-state index < -0.39 is 0 Å². The average molecular weight is 208 g/mol. The van der Waals surface area contributed by atoms with E-state index in [0.29, 0.717) is 5.92 Å². The lowest BCUT2D eigenvalue weighted by Gasteiger charge is -2.06. The predicted molar refractivity (Wildman–Crippen MR) is 60.9 cm³/mol. The summed E-state index contributed by atoms with van der Waals surface area (Å²) in [6.07, 6.45) is 5.85. The third kappa shape index (κ3) is 4.26. The van der Waals surface area contributed by atoms with E-state index in [1.54, 1.807) is 12.1 Å². The summed E-state index contributed by atoms with van der Waals surface area (Å²) in [5, 5.41) is 8.82. The molecule has 0 amide bonds. The van der Waals surface area contributed by atoms with Gasteiger partial charge in [0.15, 0.2) is 0 Å². The summed E-state index contributed by atoms with van der Waals surface area (Å²) in [6, 6.07) is 6.40. The minimum absolute atomic E-state index is 0.213. The van der Waals surface area contributed by atoms with E-state index in [1.807, 2.05) is 6.08 Å². The van der Waals surface area contributed by atoms with Crippen LogP contribution in [0.1, 0.15) is 25.3 Å². The van der Waals surface area contributed by atoms with Crippen LogP contribution in [0.15, 0.2) is 30.3 Å². The fourth-order valence-corrected chi connectivity index (χ4v) is 1.42. The van der Waals surface area contributed by atoms with E-state index in [4.69, 9.17) is 5.11 Å². The van der Waals surface area contributed by atoms with Crippen LogP contribution in [-0.4, -0.2) is 11.7 Å². The smallest absolute Gasteiger partial charge is 0.123 e. The summed E-state index contributed by atoms with van der Waals surface area (Å²) in [4.78, 5) is 0. The molecule has 0 aliphatic carbocycles. The Kier molecular flexibility index (Phi) is 5.05. The summed E-state index contributed by atoms with van der Waals surface area (Å²) in [6.45, 7) is 2.31. The fourth-order valence-electron chi connectivity index (χ4n) is 1.42. The molecule has 1 nitrogen and oxygen atoms in total. The number of hydrogen-bond donors (Lipinski definition) is 1. The summed E-state index contributed by atoms with van der Waals surface area (Å²) >= 11 is 0. The molecule has 0 unspecified atom stereocenters. The highest BCUT2D eigenvalue weighted by atomic mass is 19.1. The molecule has 0 aliphatic rings. The molecule has 1 N–H and O–H groups in total. The van der Waals surface area contributed by atoms with Crippen molar-refractivity contribution in [3.63, 3.8) is 0 Å². The van der Waals surface area contributed by atoms with Gasteiger partial charge in [-0.15, -0.1) is 0 Å². The van der Waals surface area contributed by atoms with Crippen molar-refractivity contribution in [3.05, 3.63) is 41.7 Å². The first-order chi connectivity index (χ1) is 7.26. The third-order valence-electron chi connectivity index (χ3n) is 2.46. The van der Waals surface area contributed by atoms with Gasteiger partial charge in [-0.1, -0.05) is 31.2 Å². The molecule has 1 atom stereocenters. The Labute approximate surface area is 90.3 Å². The molecule has 1 aromatic carbocycles. The lowest BCUT2D eigenvalue weighted by molar-refractivity contribution is 0.268. The summed E-state index contributed by atoms with van der Waals surface area (Å²) < 4.78 is 12.6. The first-order valence-electron chi connectivity index (χ1n) is 5.31. The van der Waals surface area contributed by atoms with E-state index in [9.17, 15) is 4.39 Å². The molecule has 1 rings (SSSR count). The summed E-state index contributed by atoms with van der Waals surface area (Å²) in [5.74, 6) is 0.189. The zero-order valence-corrected chi connectivity index (χ0v) is 8.99. The number of allylic oxidation sites excluding steroid dienone is 1. The maximum absolute atomic E-state index is 12.6. The minimum atomic E-state index is -0.213. The van der Waals surface area contributed by atoms with Gasteiger partial charge in [-0.05, 0) is 36.5 Å². The third-order valence-corrected chi connectivity index (χ3v) is 2.46. The highest BCUT2D eigenvalue weighted by molar-refractivity contribution is 5.49. The molecule has 2 heteroatoms. The van der Waals surface area contributed by atoms with E-state index in [1.165, 1.54) is 12.1 Å². The van der Waals surface area contributed by atoms with Gasteiger partial charge < -0.3 is 5.11 Å². The van der Waals surface area contributed by atoms with Gasteiger partial charge in [0.25, 0.3) is 0 Å². The van der Waals surface area contributed by atoms with Crippen LogP contribution >= 0.6 is 0 Å². The highest BCUT2D eigenvalue weighted by Gasteiger charge is 1.99. The van der Waals surface area contributed by atoms with Crippen LogP contribution in [0.5, 0.6) is 0 Å². The van der Waals surface area contributed by atoms with Crippen molar-refractivity contribution in [1.82, 2.24) is 0 Å². The fraction of sp³-hybridized carbons (Fsp3) is 0.385. The molecular weight excluding hydrogens is 191 g/mol. The minimum Gasteiger partial charge on any atom is -0.396 e. The molecule has 0 fully saturated rings. The first-order valence-corrected chi connectivity index (χ1v) is 5.31. The number of benzene rings is 1. The molecule has 0 saturated heterocycles. The van der Waals surface area contributed by atoms with Gasteiger partial charge in [0.2, 0.25) is 0 Å². The van der Waals surface area contributed by atoms with Crippen LogP contribution in [0.25, 0.3) is 6.08 Å². The maximum atomic E-state index is 12.6. The van der Waals surface area contributed by atoms with Gasteiger partial charge in [-0.25, -0.2) is 4.39 Å². The zero-order valence-electron chi connectivity index (χ0n) is 8.99. The Bertz CT molecular complexity index is 303. The molecule has 0 radical (unpaired) electrons. The van der Waals surface area contributed by atoms with E-state index in [2.05, 4.69) is 13.0 Å². The van der Waals surface area contributed by atoms with Gasteiger partial charge in [-0.2, -0.15) is 0 Å². The van der Waals surface area contributed by atoms with Crippen LogP contribution in [0.2, 0.25) is 0 Å². The second-order valence-electron chi connectivity index (χ2n) is 3.59. The zero-order chi connectivity index (χ0) is 11.1. The molecule has 0 spiro atoms. The molecular formula is C13H17FO. The molecule has 0 bridgehead atoms. The lowest BCUT2D eigenvalue weighted by atomic mass is 10.0. The van der Waals surface area contributed by atoms with Gasteiger partial charge in [0.05, 0.1) is 0 Å². The van der Waals surface area contributed by atoms with Crippen molar-refractivity contribution in [2.24, 2.45) is 5.92 Å². The van der Waals surface area contributed by atoms with Gasteiger partial charge in [0.1, 0.15) is 5.82 Å². The Hall–Kier alpha value is -1.15. The van der Waals surface area contributed by atoms with Crippen molar-refractivity contribution in [2.75, 3.05) is 6.61 Å². The van der Waals surface area contributed by atoms with Crippen molar-refractivity contribution in [2.45, 2.75) is 19.8 Å². The van der Waals surface area contributed by atoms with Crippen LogP contribution in [0.3, 0.4) is 0 Å². The summed E-state index contributed by atoms with van der Waals surface area (Å²) in [5.41, 5.74) is 0.993. The van der Waals surface area contributed by atoms with Gasteiger partial charge >= 0.3 is 0 Å². The maximum Gasteiger partial charge on any atom is 0.123 e. The van der Waals surface area contributed by atoms with E-state index in [-0.39, 0.29) is 12.4 Å². The molecule has 15 heavy (non-hydrogen) atoms. The second-order valence-corrected chi connectivity index (χ2v) is 3.59. The monoisotopic (exact) mass is 208 g/mol. The number of aliphatic hydroxyl groups excluding tert-OH is 1. The van der Waals surface area contributed by atoms with Crippen molar-refractivity contribution < 1.29 is 9.50 Å². The molecule has 0 heterocycles. The van der Waals surface area contributed by atoms with Crippen LogP contribution in [-0.2, 0) is 0 Å². The first kappa shape index (κ1) is 11.9. The SMILES string of the molecule is CC[C@@H](/C=C/c1ccc(F)cc1)CCO. The molecule has 1 aromatic rings. The predicted octanol–water partition coefficient (Wildman–Crippen LogP) is 3.25. The summed E-state index contributed by atoms with van der Waals surface area (Å²) in [7, 11) is 0. The van der Waals surface area contributed by atoms with Crippen LogP contribution in [0.4, 0.5) is 4.39 Å². The van der Waals surface area contributed by atoms with E-state index >= 15 is 0 Å². The molecule has 0 aromatic heterocycles. The molecule has 0 aliphatic heterocycles. The Balaban J connectivity index is 2.59. The topological polar surface area (TPSA) is 20.2 Å². The lowest BCUT2D eigenvalue weighted by Crippen LogP contribution is -1.97. The van der Waals surface area contributed by atoms with Crippen LogP contribution < -0.4 is 0 Å². The molecule has 0 saturated carbocycles. The van der Waals surface area contributed by atoms with Crippen molar-refractivity contribution >= 4 is 6.08 Å². The van der Waals surface area contributed by atoms with Gasteiger partial charge in [-0.3, -0.25) is 0 Å². The van der Waals surface area contributed by atoms with Crippen LogP contribution in [0, 0.1) is 11.7 Å². The Morgan fingerprint density at radius 1 is 1.33 bits per heavy atom. The molecule has 82 valence electrons. The number of hydrogen-bond acceptors (Lipinski definition) is 1. The Morgan fingerprint density at radius 3 is 2.53 bits per heavy atom. The highest BCUT2D eigenvalue weighted by Crippen LogP contribution is 2.12. The number of aliphatic hydroxyl groups is 1. The second kappa shape index (κ2) is 6.36. The number of rotatable bonds is 5. The standard InChI is InChI=1S/C13H17FO/c1-2-11(9-10-15)3-4-12-5-7-13(14)8-6-12/h3-8,11,15H,2,9-10H2,1H3/b4-3+/t11-/m0/s1. The average Bonchev–Trinajstić information content (AvgIpc) is 2.26. The Morgan fingerprint density at radius 2 is 2.00 bits per heavy atom. The van der Waals surface area contributed by atoms with Crippen molar-refractivity contribution in [1.29, 1.82) is 0 Å². The van der Waals surface area contributed by atoms with Gasteiger partial charge in [0, 0.05) is 6.61 Å². The normalized spacial score (nSPS) is 13.3. The number of halogens is 1.